The second-order valence-corrected chi connectivity index (χ2v) is 2.94. The number of anilines is 1. The van der Waals surface area contributed by atoms with E-state index in [-0.39, 0.29) is 0 Å². The van der Waals surface area contributed by atoms with Gasteiger partial charge in [0, 0.05) is 5.69 Å². The minimum Gasteiger partial charge on any atom is -0.353 e. The number of aryl methyl sites for hydroxylation is 1. The zero-order valence-electron chi connectivity index (χ0n) is 7.21. The van der Waals surface area contributed by atoms with E-state index in [1.165, 1.54) is 17.5 Å². The average Bonchev–Trinajstić information content (AvgIpc) is 2.09. The molecule has 2 heteroatoms. The number of benzene rings is 1. The molecule has 0 heterocycles. The van der Waals surface area contributed by atoms with Gasteiger partial charge in [-0.05, 0) is 24.1 Å². The molecule has 0 aliphatic rings. The highest BCUT2D eigenvalue weighted by Gasteiger charge is 1.90. The fourth-order valence-electron chi connectivity index (χ4n) is 1.12. The van der Waals surface area contributed by atoms with Crippen LogP contribution in [0.25, 0.3) is 0 Å². The highest BCUT2D eigenvalue weighted by Crippen LogP contribution is 2.09. The van der Waals surface area contributed by atoms with E-state index >= 15 is 0 Å². The lowest BCUT2D eigenvalue weighted by atomic mass is 10.1. The van der Waals surface area contributed by atoms with Gasteiger partial charge in [0.2, 0.25) is 0 Å². The smallest absolute Gasteiger partial charge is 0.0658 e. The van der Waals surface area contributed by atoms with Crippen molar-refractivity contribution in [3.8, 4) is 0 Å². The van der Waals surface area contributed by atoms with Gasteiger partial charge in [-0.1, -0.05) is 37.7 Å². The molecule has 0 fully saturated rings. The minimum atomic E-state index is 1.06. The second kappa shape index (κ2) is 4.88. The zero-order chi connectivity index (χ0) is 8.81. The first-order chi connectivity index (χ1) is 5.86. The number of nitrogens with one attached hydrogen (secondary N) is 1. The fourth-order valence-corrected chi connectivity index (χ4v) is 1.26. The summed E-state index contributed by atoms with van der Waals surface area (Å²) in [5.74, 6) is 0. The van der Waals surface area contributed by atoms with Gasteiger partial charge in [0.1, 0.15) is 0 Å². The lowest BCUT2D eigenvalue weighted by Crippen LogP contribution is -1.91. The molecule has 1 nitrogen and oxygen atoms in total. The number of rotatable bonds is 4. The monoisotopic (exact) mass is 179 g/mol. The van der Waals surface area contributed by atoms with Crippen molar-refractivity contribution in [3.05, 3.63) is 29.8 Å². The molecule has 64 valence electrons. The highest BCUT2D eigenvalue weighted by atomic mass is 32.1. The average molecular weight is 179 g/mol. The molecule has 1 aromatic carbocycles. The predicted molar refractivity (Wildman–Crippen MR) is 57.7 cm³/mol. The van der Waals surface area contributed by atoms with E-state index in [0.29, 0.717) is 0 Å². The van der Waals surface area contributed by atoms with Crippen LogP contribution in [0.15, 0.2) is 24.3 Å². The van der Waals surface area contributed by atoms with Crippen molar-refractivity contribution in [3.63, 3.8) is 0 Å². The summed E-state index contributed by atoms with van der Waals surface area (Å²) in [6.45, 7) is 2.18. The molecule has 0 radical (unpaired) electrons. The van der Waals surface area contributed by atoms with Crippen molar-refractivity contribution in [2.24, 2.45) is 0 Å². The van der Waals surface area contributed by atoms with Crippen LogP contribution in [0.5, 0.6) is 0 Å². The van der Waals surface area contributed by atoms with Gasteiger partial charge in [-0.25, -0.2) is 0 Å². The molecule has 0 atom stereocenters. The summed E-state index contributed by atoms with van der Waals surface area (Å²) >= 11 is 4.68. The molecule has 1 N–H and O–H groups in total. The van der Waals surface area contributed by atoms with E-state index in [2.05, 4.69) is 36.6 Å². The molecule has 0 saturated heterocycles. The van der Waals surface area contributed by atoms with Gasteiger partial charge >= 0.3 is 0 Å². The zero-order valence-corrected chi connectivity index (χ0v) is 8.03. The Balaban J connectivity index is 2.64. The molecule has 0 bridgehead atoms. The SMILES string of the molecule is CCCc1ccc(NC=S)cc1. The van der Waals surface area contributed by atoms with Crippen LogP contribution in [0.4, 0.5) is 5.69 Å². The van der Waals surface area contributed by atoms with Crippen LogP contribution in [0.3, 0.4) is 0 Å². The van der Waals surface area contributed by atoms with Crippen LogP contribution in [-0.4, -0.2) is 5.49 Å². The summed E-state index contributed by atoms with van der Waals surface area (Å²) in [5.41, 5.74) is 3.96. The summed E-state index contributed by atoms with van der Waals surface area (Å²) in [6, 6.07) is 8.36. The lowest BCUT2D eigenvalue weighted by molar-refractivity contribution is 0.922. The van der Waals surface area contributed by atoms with Crippen molar-refractivity contribution in [2.45, 2.75) is 19.8 Å². The first kappa shape index (κ1) is 9.20. The van der Waals surface area contributed by atoms with E-state index in [1.807, 2.05) is 12.1 Å². The van der Waals surface area contributed by atoms with Gasteiger partial charge in [0.15, 0.2) is 0 Å². The van der Waals surface area contributed by atoms with Gasteiger partial charge in [-0.2, -0.15) is 0 Å². The van der Waals surface area contributed by atoms with E-state index < -0.39 is 0 Å². The van der Waals surface area contributed by atoms with E-state index in [9.17, 15) is 0 Å². The maximum Gasteiger partial charge on any atom is 0.0658 e. The molecule has 1 rings (SSSR count). The summed E-state index contributed by atoms with van der Waals surface area (Å²) in [5, 5.41) is 2.97. The highest BCUT2D eigenvalue weighted by molar-refractivity contribution is 7.79. The summed E-state index contributed by atoms with van der Waals surface area (Å²) < 4.78 is 0. The quantitative estimate of drug-likeness (QED) is 0.713. The molecule has 0 saturated carbocycles. The number of hydrogen-bond donors (Lipinski definition) is 1. The molecule has 0 unspecified atom stereocenters. The summed E-state index contributed by atoms with van der Waals surface area (Å²) in [6.07, 6.45) is 2.35. The number of thiocarbonyl (C=S) groups is 1. The van der Waals surface area contributed by atoms with Crippen molar-refractivity contribution in [2.75, 3.05) is 5.32 Å². The summed E-state index contributed by atoms with van der Waals surface area (Å²) in [4.78, 5) is 0. The summed E-state index contributed by atoms with van der Waals surface area (Å²) in [7, 11) is 0. The third-order valence-corrected chi connectivity index (χ3v) is 1.84. The van der Waals surface area contributed by atoms with Crippen LogP contribution in [0.1, 0.15) is 18.9 Å². The molecule has 0 amide bonds. The van der Waals surface area contributed by atoms with E-state index in [0.717, 1.165) is 12.1 Å². The van der Waals surface area contributed by atoms with Gasteiger partial charge in [0.25, 0.3) is 0 Å². The Labute approximate surface area is 78.8 Å². The molecule has 0 aromatic heterocycles. The minimum absolute atomic E-state index is 1.06. The Morgan fingerprint density at radius 3 is 2.50 bits per heavy atom. The molecule has 0 spiro atoms. The maximum absolute atomic E-state index is 4.68. The van der Waals surface area contributed by atoms with E-state index in [1.54, 1.807) is 0 Å². The normalized spacial score (nSPS) is 9.42. The molecule has 0 aliphatic carbocycles. The number of hydrogen-bond acceptors (Lipinski definition) is 1. The Morgan fingerprint density at radius 2 is 2.00 bits per heavy atom. The Hall–Kier alpha value is -0.890. The topological polar surface area (TPSA) is 12.0 Å². The van der Waals surface area contributed by atoms with Crippen LogP contribution < -0.4 is 5.32 Å². The maximum atomic E-state index is 4.68. The van der Waals surface area contributed by atoms with Gasteiger partial charge in [-0.3, -0.25) is 0 Å². The van der Waals surface area contributed by atoms with Crippen LogP contribution in [0, 0.1) is 0 Å². The van der Waals surface area contributed by atoms with Crippen LogP contribution in [-0.2, 0) is 6.42 Å². The van der Waals surface area contributed by atoms with E-state index in [4.69, 9.17) is 0 Å². The first-order valence-corrected chi connectivity index (χ1v) is 4.63. The fraction of sp³-hybridized carbons (Fsp3) is 0.300. The molecule has 0 aliphatic heterocycles. The first-order valence-electron chi connectivity index (χ1n) is 4.16. The largest absolute Gasteiger partial charge is 0.353 e. The van der Waals surface area contributed by atoms with Crippen molar-refractivity contribution >= 4 is 23.4 Å². The standard InChI is InChI=1S/C10H13NS/c1-2-3-9-4-6-10(7-5-9)11-8-12/h4-8H,2-3H2,1H3,(H,11,12). The Morgan fingerprint density at radius 1 is 1.33 bits per heavy atom. The third-order valence-electron chi connectivity index (χ3n) is 1.72. The molecular formula is C10H13NS. The third kappa shape index (κ3) is 2.62. The van der Waals surface area contributed by atoms with Crippen molar-refractivity contribution in [1.29, 1.82) is 0 Å². The Kier molecular flexibility index (Phi) is 3.74. The van der Waals surface area contributed by atoms with Crippen molar-refractivity contribution < 1.29 is 0 Å². The van der Waals surface area contributed by atoms with Gasteiger partial charge in [0.05, 0.1) is 5.49 Å². The van der Waals surface area contributed by atoms with Crippen LogP contribution in [0.2, 0.25) is 0 Å². The molecular weight excluding hydrogens is 166 g/mol. The van der Waals surface area contributed by atoms with Gasteiger partial charge in [-0.15, -0.1) is 0 Å². The van der Waals surface area contributed by atoms with Crippen LogP contribution >= 0.6 is 12.2 Å². The van der Waals surface area contributed by atoms with Gasteiger partial charge < -0.3 is 5.32 Å². The lowest BCUT2D eigenvalue weighted by Gasteiger charge is -2.01. The molecule has 12 heavy (non-hydrogen) atoms. The Bertz CT molecular complexity index is 241. The van der Waals surface area contributed by atoms with Crippen molar-refractivity contribution in [1.82, 2.24) is 0 Å². The molecule has 1 aromatic rings. The second-order valence-electron chi connectivity index (χ2n) is 2.71. The predicted octanol–water partition coefficient (Wildman–Crippen LogP) is 3.01.